The fraction of sp³-hybridized carbons (Fsp3) is 0.176. The highest BCUT2D eigenvalue weighted by atomic mass is 35.5. The number of rotatable bonds is 6. The Morgan fingerprint density at radius 3 is 3.00 bits per heavy atom. The lowest BCUT2D eigenvalue weighted by Crippen LogP contribution is -2.22. The quantitative estimate of drug-likeness (QED) is 0.694. The van der Waals surface area contributed by atoms with E-state index in [9.17, 15) is 4.79 Å². The number of carbonyl (C=O) groups excluding carboxylic acids is 1. The number of nitrogens with zero attached hydrogens (tertiary/aromatic N) is 1. The molecule has 0 saturated heterocycles. The first-order valence-corrected chi connectivity index (χ1v) is 8.71. The minimum Gasteiger partial charge on any atom is -0.492 e. The minimum absolute atomic E-state index is 0.183. The SMILES string of the molecule is CCOc1ccc(-c2[nH]ncc2C(=O)NCc2cccs2)cc1Cl. The molecule has 0 aliphatic rings. The number of hydrogen-bond donors (Lipinski definition) is 2. The number of ether oxygens (including phenoxy) is 1. The third-order valence-corrected chi connectivity index (χ3v) is 4.58. The first-order valence-electron chi connectivity index (χ1n) is 7.45. The number of carbonyl (C=O) groups is 1. The van der Waals surface area contributed by atoms with Gasteiger partial charge in [0.15, 0.2) is 0 Å². The highest BCUT2D eigenvalue weighted by Crippen LogP contribution is 2.31. The summed E-state index contributed by atoms with van der Waals surface area (Å²) in [7, 11) is 0. The summed E-state index contributed by atoms with van der Waals surface area (Å²) in [6, 6.07) is 9.33. The van der Waals surface area contributed by atoms with Crippen molar-refractivity contribution in [3.05, 3.63) is 57.4 Å². The van der Waals surface area contributed by atoms with Crippen LogP contribution in [0.1, 0.15) is 22.2 Å². The van der Waals surface area contributed by atoms with Crippen LogP contribution in [0.2, 0.25) is 5.02 Å². The van der Waals surface area contributed by atoms with E-state index in [1.807, 2.05) is 30.5 Å². The van der Waals surface area contributed by atoms with Crippen LogP contribution in [0.3, 0.4) is 0 Å². The van der Waals surface area contributed by atoms with E-state index >= 15 is 0 Å². The second kappa shape index (κ2) is 7.51. The summed E-state index contributed by atoms with van der Waals surface area (Å²) >= 11 is 7.83. The first kappa shape index (κ1) is 16.5. The summed E-state index contributed by atoms with van der Waals surface area (Å²) < 4.78 is 5.43. The van der Waals surface area contributed by atoms with Crippen molar-refractivity contribution in [3.63, 3.8) is 0 Å². The van der Waals surface area contributed by atoms with Crippen LogP contribution >= 0.6 is 22.9 Å². The molecule has 0 unspecified atom stereocenters. The second-order valence-electron chi connectivity index (χ2n) is 5.00. The van der Waals surface area contributed by atoms with E-state index in [0.29, 0.717) is 35.2 Å². The Morgan fingerprint density at radius 2 is 2.29 bits per heavy atom. The summed E-state index contributed by atoms with van der Waals surface area (Å²) in [5, 5.41) is 12.2. The third kappa shape index (κ3) is 3.60. The van der Waals surface area contributed by atoms with Gasteiger partial charge >= 0.3 is 0 Å². The van der Waals surface area contributed by atoms with Crippen LogP contribution in [0.5, 0.6) is 5.75 Å². The normalized spacial score (nSPS) is 10.6. The second-order valence-corrected chi connectivity index (χ2v) is 6.44. The topological polar surface area (TPSA) is 67.0 Å². The molecule has 0 aliphatic heterocycles. The molecule has 2 aromatic heterocycles. The maximum absolute atomic E-state index is 12.4. The number of benzene rings is 1. The zero-order chi connectivity index (χ0) is 16.9. The van der Waals surface area contributed by atoms with Crippen molar-refractivity contribution < 1.29 is 9.53 Å². The van der Waals surface area contributed by atoms with Crippen molar-refractivity contribution in [1.82, 2.24) is 15.5 Å². The van der Waals surface area contributed by atoms with Crippen molar-refractivity contribution in [2.24, 2.45) is 0 Å². The Balaban J connectivity index is 1.79. The van der Waals surface area contributed by atoms with Gasteiger partial charge in [-0.05, 0) is 36.6 Å². The van der Waals surface area contributed by atoms with Gasteiger partial charge in [0, 0.05) is 10.4 Å². The lowest BCUT2D eigenvalue weighted by Gasteiger charge is -2.08. The van der Waals surface area contributed by atoms with Crippen LogP contribution in [-0.4, -0.2) is 22.7 Å². The van der Waals surface area contributed by atoms with E-state index in [2.05, 4.69) is 15.5 Å². The van der Waals surface area contributed by atoms with Crippen LogP contribution in [0, 0.1) is 0 Å². The summed E-state index contributed by atoms with van der Waals surface area (Å²) in [5.74, 6) is 0.434. The first-order chi connectivity index (χ1) is 11.7. The van der Waals surface area contributed by atoms with Gasteiger partial charge in [-0.1, -0.05) is 17.7 Å². The van der Waals surface area contributed by atoms with E-state index < -0.39 is 0 Å². The minimum atomic E-state index is -0.183. The Kier molecular flexibility index (Phi) is 5.17. The maximum Gasteiger partial charge on any atom is 0.255 e. The highest BCUT2D eigenvalue weighted by molar-refractivity contribution is 7.09. The molecule has 5 nitrogen and oxygen atoms in total. The van der Waals surface area contributed by atoms with E-state index in [1.54, 1.807) is 23.5 Å². The number of H-pyrrole nitrogens is 1. The average Bonchev–Trinajstić information content (AvgIpc) is 3.26. The van der Waals surface area contributed by atoms with Crippen molar-refractivity contribution >= 4 is 28.8 Å². The third-order valence-electron chi connectivity index (χ3n) is 3.41. The molecule has 0 saturated carbocycles. The lowest BCUT2D eigenvalue weighted by atomic mass is 10.1. The standard InChI is InChI=1S/C17H16ClN3O2S/c1-2-23-15-6-5-11(8-14(15)18)16-13(10-20-21-16)17(22)19-9-12-4-3-7-24-12/h3-8,10H,2,9H2,1H3,(H,19,22)(H,20,21). The number of amides is 1. The van der Waals surface area contributed by atoms with E-state index in [0.717, 1.165) is 10.4 Å². The van der Waals surface area contributed by atoms with Crippen LogP contribution < -0.4 is 10.1 Å². The number of nitrogens with one attached hydrogen (secondary N) is 2. The molecule has 7 heteroatoms. The van der Waals surface area contributed by atoms with Crippen molar-refractivity contribution in [2.45, 2.75) is 13.5 Å². The molecule has 0 aliphatic carbocycles. The zero-order valence-corrected chi connectivity index (χ0v) is 14.6. The Bertz CT molecular complexity index is 830. The number of thiophene rings is 1. The monoisotopic (exact) mass is 361 g/mol. The summed E-state index contributed by atoms with van der Waals surface area (Å²) in [4.78, 5) is 13.5. The highest BCUT2D eigenvalue weighted by Gasteiger charge is 2.16. The average molecular weight is 362 g/mol. The zero-order valence-electron chi connectivity index (χ0n) is 13.0. The summed E-state index contributed by atoms with van der Waals surface area (Å²) in [5.41, 5.74) is 1.89. The van der Waals surface area contributed by atoms with Crippen molar-refractivity contribution in [2.75, 3.05) is 6.61 Å². The molecule has 2 N–H and O–H groups in total. The number of aromatic nitrogens is 2. The molecule has 0 fully saturated rings. The largest absolute Gasteiger partial charge is 0.492 e. The molecule has 1 amide bonds. The molecule has 24 heavy (non-hydrogen) atoms. The molecule has 2 heterocycles. The van der Waals surface area contributed by atoms with Crippen molar-refractivity contribution in [3.8, 4) is 17.0 Å². The predicted molar refractivity (Wildman–Crippen MR) is 95.7 cm³/mol. The fourth-order valence-corrected chi connectivity index (χ4v) is 3.16. The van der Waals surface area contributed by atoms with Gasteiger partial charge in [0.2, 0.25) is 0 Å². The molecule has 3 rings (SSSR count). The Labute approximate surface area is 148 Å². The maximum atomic E-state index is 12.4. The van der Waals surface area contributed by atoms with Gasteiger partial charge in [-0.25, -0.2) is 0 Å². The van der Waals surface area contributed by atoms with Crippen LogP contribution in [0.15, 0.2) is 41.9 Å². The summed E-state index contributed by atoms with van der Waals surface area (Å²) in [6.45, 7) is 2.93. The van der Waals surface area contributed by atoms with E-state index in [-0.39, 0.29) is 5.91 Å². The molecule has 0 spiro atoms. The van der Waals surface area contributed by atoms with Gasteiger partial charge in [-0.2, -0.15) is 5.10 Å². The number of halogens is 1. The van der Waals surface area contributed by atoms with Gasteiger partial charge < -0.3 is 10.1 Å². The lowest BCUT2D eigenvalue weighted by molar-refractivity contribution is 0.0952. The molecule has 0 atom stereocenters. The van der Waals surface area contributed by atoms with Crippen molar-refractivity contribution in [1.29, 1.82) is 0 Å². The molecular weight excluding hydrogens is 346 g/mol. The van der Waals surface area contributed by atoms with Gasteiger partial charge in [0.1, 0.15) is 5.75 Å². The Hall–Kier alpha value is -2.31. The van der Waals surface area contributed by atoms with Crippen LogP contribution in [-0.2, 0) is 6.54 Å². The fourth-order valence-electron chi connectivity index (χ4n) is 2.28. The molecule has 0 radical (unpaired) electrons. The molecule has 1 aromatic carbocycles. The summed E-state index contributed by atoms with van der Waals surface area (Å²) in [6.07, 6.45) is 1.52. The van der Waals surface area contributed by atoms with Gasteiger partial charge in [0.25, 0.3) is 5.91 Å². The number of hydrogen-bond acceptors (Lipinski definition) is 4. The number of aromatic amines is 1. The van der Waals surface area contributed by atoms with Gasteiger partial charge in [-0.15, -0.1) is 11.3 Å². The molecule has 0 bridgehead atoms. The van der Waals surface area contributed by atoms with Crippen LogP contribution in [0.25, 0.3) is 11.3 Å². The molecule has 3 aromatic rings. The molecular formula is C17H16ClN3O2S. The molecule has 124 valence electrons. The predicted octanol–water partition coefficient (Wildman–Crippen LogP) is 4.12. The van der Waals surface area contributed by atoms with E-state index in [1.165, 1.54) is 6.20 Å². The smallest absolute Gasteiger partial charge is 0.255 e. The Morgan fingerprint density at radius 1 is 1.42 bits per heavy atom. The van der Waals surface area contributed by atoms with Gasteiger partial charge in [0.05, 0.1) is 35.6 Å². The van der Waals surface area contributed by atoms with Gasteiger partial charge in [-0.3, -0.25) is 9.89 Å². The van der Waals surface area contributed by atoms with Crippen LogP contribution in [0.4, 0.5) is 0 Å². The van der Waals surface area contributed by atoms with E-state index in [4.69, 9.17) is 16.3 Å².